The van der Waals surface area contributed by atoms with E-state index in [9.17, 15) is 22.8 Å². The van der Waals surface area contributed by atoms with Gasteiger partial charge in [-0.2, -0.15) is 4.31 Å². The first-order chi connectivity index (χ1) is 14.1. The molecular weight excluding hydrogens is 408 g/mol. The van der Waals surface area contributed by atoms with Gasteiger partial charge in [0.2, 0.25) is 21.8 Å². The Morgan fingerprint density at radius 1 is 1.17 bits per heavy atom. The largest absolute Gasteiger partial charge is 0.354 e. The fourth-order valence-corrected chi connectivity index (χ4v) is 5.02. The average molecular weight is 441 g/mol. The van der Waals surface area contributed by atoms with E-state index in [0.717, 1.165) is 4.57 Å². The quantitative estimate of drug-likeness (QED) is 0.638. The number of likely N-dealkylation sites (tertiary alicyclic amines) is 1. The van der Waals surface area contributed by atoms with Gasteiger partial charge in [0.15, 0.2) is 0 Å². The van der Waals surface area contributed by atoms with Crippen LogP contribution in [0.1, 0.15) is 40.5 Å². The maximum Gasteiger partial charge on any atom is 0.251 e. The summed E-state index contributed by atoms with van der Waals surface area (Å²) in [6.45, 7) is 8.56. The van der Waals surface area contributed by atoms with Crippen LogP contribution in [-0.4, -0.2) is 66.2 Å². The van der Waals surface area contributed by atoms with Gasteiger partial charge in [-0.25, -0.2) is 8.42 Å². The van der Waals surface area contributed by atoms with Crippen LogP contribution in [0.2, 0.25) is 0 Å². The van der Waals surface area contributed by atoms with Crippen molar-refractivity contribution in [2.75, 3.05) is 26.2 Å². The summed E-state index contributed by atoms with van der Waals surface area (Å²) in [4.78, 5) is 38.6. The Balaban J connectivity index is 2.08. The number of hydrogen-bond acceptors (Lipinski definition) is 5. The zero-order valence-electron chi connectivity index (χ0n) is 18.1. The molecule has 1 fully saturated rings. The number of nitrogens with one attached hydrogen (secondary N) is 1. The van der Waals surface area contributed by atoms with Crippen LogP contribution >= 0.6 is 0 Å². The Morgan fingerprint density at radius 3 is 2.30 bits per heavy atom. The molecule has 0 aliphatic carbocycles. The summed E-state index contributed by atoms with van der Waals surface area (Å²) >= 11 is 0. The lowest BCUT2D eigenvalue weighted by molar-refractivity contribution is -0.136. The summed E-state index contributed by atoms with van der Waals surface area (Å²) in [5.74, 6) is -0.387. The fourth-order valence-electron chi connectivity index (χ4n) is 3.54. The van der Waals surface area contributed by atoms with Crippen molar-refractivity contribution in [3.05, 3.63) is 28.7 Å². The molecule has 10 heteroatoms. The third-order valence-corrected chi connectivity index (χ3v) is 7.29. The molecule has 2 heterocycles. The molecule has 168 valence electrons. The predicted molar refractivity (Wildman–Crippen MR) is 113 cm³/mol. The van der Waals surface area contributed by atoms with Crippen molar-refractivity contribution in [1.82, 2.24) is 19.1 Å². The minimum Gasteiger partial charge on any atom is -0.354 e. The van der Waals surface area contributed by atoms with Crippen LogP contribution in [0, 0.1) is 5.92 Å². The van der Waals surface area contributed by atoms with E-state index in [0.29, 0.717) is 39.0 Å². The number of amides is 2. The topological polar surface area (TPSA) is 109 Å². The highest BCUT2D eigenvalue weighted by molar-refractivity contribution is 7.89. The molecule has 2 rings (SSSR count). The summed E-state index contributed by atoms with van der Waals surface area (Å²) < 4.78 is 27.8. The van der Waals surface area contributed by atoms with Gasteiger partial charge in [-0.15, -0.1) is 0 Å². The molecule has 9 nitrogen and oxygen atoms in total. The average Bonchev–Trinajstić information content (AvgIpc) is 2.69. The maximum atomic E-state index is 12.7. The lowest BCUT2D eigenvalue weighted by atomic mass is 9.95. The van der Waals surface area contributed by atoms with Crippen LogP contribution in [0.15, 0.2) is 28.0 Å². The van der Waals surface area contributed by atoms with Crippen molar-refractivity contribution >= 4 is 21.8 Å². The van der Waals surface area contributed by atoms with E-state index in [1.54, 1.807) is 18.7 Å². The van der Waals surface area contributed by atoms with E-state index < -0.39 is 15.6 Å². The number of sulfonamides is 1. The fraction of sp³-hybridized carbons (Fsp3) is 0.650. The normalized spacial score (nSPS) is 15.6. The van der Waals surface area contributed by atoms with Gasteiger partial charge in [0, 0.05) is 50.4 Å². The number of rotatable bonds is 8. The Morgan fingerprint density at radius 2 is 1.77 bits per heavy atom. The van der Waals surface area contributed by atoms with Crippen molar-refractivity contribution in [3.63, 3.8) is 0 Å². The Hall–Kier alpha value is -2.20. The highest BCUT2D eigenvalue weighted by atomic mass is 32.2. The third-order valence-electron chi connectivity index (χ3n) is 5.25. The van der Waals surface area contributed by atoms with Gasteiger partial charge in [-0.3, -0.25) is 14.4 Å². The Labute approximate surface area is 178 Å². The second-order valence-corrected chi connectivity index (χ2v) is 9.68. The monoisotopic (exact) mass is 440 g/mol. The van der Waals surface area contributed by atoms with E-state index >= 15 is 0 Å². The van der Waals surface area contributed by atoms with E-state index in [2.05, 4.69) is 5.32 Å². The molecule has 0 saturated carbocycles. The van der Waals surface area contributed by atoms with Gasteiger partial charge in [-0.05, 0) is 32.8 Å². The SMILES string of the molecule is CCN(CC)S(=O)(=O)c1ccc(=O)n(CC(=O)N2CCC(C(=O)NC(C)C)CC2)c1. The zero-order valence-corrected chi connectivity index (χ0v) is 18.9. The van der Waals surface area contributed by atoms with E-state index in [4.69, 9.17) is 0 Å². The number of aromatic nitrogens is 1. The molecule has 0 bridgehead atoms. The van der Waals surface area contributed by atoms with Crippen LogP contribution in [0.4, 0.5) is 0 Å². The number of hydrogen-bond donors (Lipinski definition) is 1. The van der Waals surface area contributed by atoms with Crippen LogP contribution in [0.5, 0.6) is 0 Å². The first kappa shape index (κ1) is 24.1. The van der Waals surface area contributed by atoms with Crippen LogP contribution in [0.3, 0.4) is 0 Å². The van der Waals surface area contributed by atoms with Crippen molar-refractivity contribution in [2.45, 2.75) is 58.0 Å². The van der Waals surface area contributed by atoms with E-state index in [-0.39, 0.29) is 35.2 Å². The molecule has 0 unspecified atom stereocenters. The van der Waals surface area contributed by atoms with Crippen molar-refractivity contribution in [3.8, 4) is 0 Å². The predicted octanol–water partition coefficient (Wildman–Crippen LogP) is 0.642. The smallest absolute Gasteiger partial charge is 0.251 e. The molecule has 2 amide bonds. The van der Waals surface area contributed by atoms with Crippen molar-refractivity contribution in [2.24, 2.45) is 5.92 Å². The molecule has 1 aliphatic rings. The number of piperidine rings is 1. The standard InChI is InChI=1S/C20H32N4O5S/c1-5-24(6-2)30(28,29)17-7-8-18(25)23(13-17)14-19(26)22-11-9-16(10-12-22)20(27)21-15(3)4/h7-8,13,15-16H,5-6,9-12,14H2,1-4H3,(H,21,27). The third kappa shape index (κ3) is 5.69. The lowest BCUT2D eigenvalue weighted by Crippen LogP contribution is -2.45. The number of nitrogens with zero attached hydrogens (tertiary/aromatic N) is 3. The van der Waals surface area contributed by atoms with E-state index in [1.807, 2.05) is 13.8 Å². The Kier molecular flexibility index (Phi) is 8.19. The van der Waals surface area contributed by atoms with E-state index in [1.165, 1.54) is 22.6 Å². The minimum atomic E-state index is -3.72. The van der Waals surface area contributed by atoms with Crippen LogP contribution in [-0.2, 0) is 26.2 Å². The molecule has 0 spiro atoms. The maximum absolute atomic E-state index is 12.7. The highest BCUT2D eigenvalue weighted by Gasteiger charge is 2.28. The summed E-state index contributed by atoms with van der Waals surface area (Å²) in [5, 5.41) is 2.89. The molecule has 0 aromatic carbocycles. The van der Waals surface area contributed by atoms with Gasteiger partial charge in [0.05, 0.1) is 4.90 Å². The molecule has 0 atom stereocenters. The molecule has 1 aromatic heterocycles. The summed E-state index contributed by atoms with van der Waals surface area (Å²) in [5.41, 5.74) is -0.437. The second kappa shape index (κ2) is 10.2. The number of carbonyl (C=O) groups is 2. The molecule has 0 radical (unpaired) electrons. The lowest BCUT2D eigenvalue weighted by Gasteiger charge is -2.32. The first-order valence-corrected chi connectivity index (χ1v) is 11.8. The molecule has 1 aliphatic heterocycles. The van der Waals surface area contributed by atoms with Crippen molar-refractivity contribution in [1.29, 1.82) is 0 Å². The van der Waals surface area contributed by atoms with Gasteiger partial charge < -0.3 is 14.8 Å². The molecule has 30 heavy (non-hydrogen) atoms. The van der Waals surface area contributed by atoms with Crippen molar-refractivity contribution < 1.29 is 18.0 Å². The van der Waals surface area contributed by atoms with Gasteiger partial charge in [0.1, 0.15) is 6.54 Å². The number of carbonyl (C=O) groups excluding carboxylic acids is 2. The minimum absolute atomic E-state index is 0.00243. The molecule has 1 N–H and O–H groups in total. The molecule has 1 aromatic rings. The van der Waals surface area contributed by atoms with Gasteiger partial charge in [0.25, 0.3) is 5.56 Å². The highest BCUT2D eigenvalue weighted by Crippen LogP contribution is 2.18. The van der Waals surface area contributed by atoms with Gasteiger partial charge >= 0.3 is 0 Å². The molecular formula is C20H32N4O5S. The van der Waals surface area contributed by atoms with Crippen LogP contribution in [0.25, 0.3) is 0 Å². The second-order valence-electron chi connectivity index (χ2n) is 7.74. The van der Waals surface area contributed by atoms with Gasteiger partial charge in [-0.1, -0.05) is 13.8 Å². The Bertz CT molecular complexity index is 913. The zero-order chi connectivity index (χ0) is 22.5. The first-order valence-electron chi connectivity index (χ1n) is 10.4. The van der Waals surface area contributed by atoms with Crippen LogP contribution < -0.4 is 10.9 Å². The summed E-state index contributed by atoms with van der Waals surface area (Å²) in [6, 6.07) is 2.52. The summed E-state index contributed by atoms with van der Waals surface area (Å²) in [7, 11) is -3.72. The molecule has 1 saturated heterocycles. The summed E-state index contributed by atoms with van der Waals surface area (Å²) in [6.07, 6.45) is 2.36. The number of pyridine rings is 1.